The number of hydrogen-bond acceptors (Lipinski definition) is 4. The summed E-state index contributed by atoms with van der Waals surface area (Å²) in [5.74, 6) is -0.166. The monoisotopic (exact) mass is 420 g/mol. The fourth-order valence-corrected chi connectivity index (χ4v) is 3.29. The van der Waals surface area contributed by atoms with Crippen LogP contribution in [0.5, 0.6) is 0 Å². The Balaban J connectivity index is 1.91. The highest BCUT2D eigenvalue weighted by atomic mass is 19.4. The van der Waals surface area contributed by atoms with Gasteiger partial charge in [-0.3, -0.25) is 4.79 Å². The predicted molar refractivity (Wildman–Crippen MR) is 107 cm³/mol. The number of benzene rings is 1. The Morgan fingerprint density at radius 1 is 1.07 bits per heavy atom. The lowest BCUT2D eigenvalue weighted by molar-refractivity contribution is -0.180. The highest BCUT2D eigenvalue weighted by Crippen LogP contribution is 2.41. The molecule has 0 aliphatic carbocycles. The van der Waals surface area contributed by atoms with E-state index >= 15 is 0 Å². The van der Waals surface area contributed by atoms with Crippen molar-refractivity contribution in [3.8, 4) is 0 Å². The van der Waals surface area contributed by atoms with Crippen LogP contribution in [0.3, 0.4) is 0 Å². The molecule has 0 unspecified atom stereocenters. The third-order valence-corrected chi connectivity index (χ3v) is 5.57. The molecule has 3 amide bonds. The Morgan fingerprint density at radius 3 is 2.20 bits per heavy atom. The molecule has 1 aromatic heterocycles. The molecule has 30 heavy (non-hydrogen) atoms. The minimum Gasteiger partial charge on any atom is -0.384 e. The van der Waals surface area contributed by atoms with Gasteiger partial charge in [0.15, 0.2) is 0 Å². The number of nitrogens with two attached hydrogens (primary N) is 1. The third-order valence-electron chi connectivity index (χ3n) is 5.57. The smallest absolute Gasteiger partial charge is 0.384 e. The molecule has 6 nitrogen and oxygen atoms in total. The van der Waals surface area contributed by atoms with Crippen LogP contribution >= 0.6 is 0 Å². The second-order valence-corrected chi connectivity index (χ2v) is 8.33. The number of aromatic nitrogens is 1. The van der Waals surface area contributed by atoms with Crippen LogP contribution in [0.15, 0.2) is 42.6 Å². The second-order valence-electron chi connectivity index (χ2n) is 8.33. The largest absolute Gasteiger partial charge is 0.397 e. The molecule has 1 aromatic carbocycles. The Labute approximate surface area is 172 Å². The highest BCUT2D eigenvalue weighted by molar-refractivity contribution is 6.22. The van der Waals surface area contributed by atoms with Gasteiger partial charge >= 0.3 is 12.2 Å². The third kappa shape index (κ3) is 3.48. The van der Waals surface area contributed by atoms with E-state index in [4.69, 9.17) is 5.73 Å². The van der Waals surface area contributed by atoms with E-state index in [1.165, 1.54) is 35.4 Å². The molecular weight excluding hydrogens is 397 g/mol. The lowest BCUT2D eigenvalue weighted by Gasteiger charge is -2.28. The maximum absolute atomic E-state index is 13.3. The van der Waals surface area contributed by atoms with Gasteiger partial charge in [0.05, 0.1) is 11.1 Å². The Bertz CT molecular complexity index is 984. The van der Waals surface area contributed by atoms with Crippen LogP contribution in [-0.2, 0) is 16.8 Å². The summed E-state index contributed by atoms with van der Waals surface area (Å²) in [5.41, 5.74) is 3.46. The van der Waals surface area contributed by atoms with Crippen molar-refractivity contribution < 1.29 is 22.8 Å². The van der Waals surface area contributed by atoms with E-state index < -0.39 is 29.1 Å². The number of anilines is 2. The summed E-state index contributed by atoms with van der Waals surface area (Å²) >= 11 is 0. The van der Waals surface area contributed by atoms with Crippen LogP contribution in [0, 0.1) is 0 Å². The molecule has 2 heterocycles. The molecule has 1 saturated heterocycles. The lowest BCUT2D eigenvalue weighted by Crippen LogP contribution is -2.43. The predicted octanol–water partition coefficient (Wildman–Crippen LogP) is 4.25. The first-order chi connectivity index (χ1) is 13.8. The first-order valence-electron chi connectivity index (χ1n) is 9.30. The van der Waals surface area contributed by atoms with Crippen LogP contribution in [0.25, 0.3) is 0 Å². The van der Waals surface area contributed by atoms with Crippen molar-refractivity contribution in [2.75, 3.05) is 10.6 Å². The van der Waals surface area contributed by atoms with Crippen molar-refractivity contribution in [3.05, 3.63) is 53.7 Å². The van der Waals surface area contributed by atoms with E-state index in [2.05, 4.69) is 4.98 Å². The van der Waals surface area contributed by atoms with Crippen LogP contribution in [0.2, 0.25) is 0 Å². The van der Waals surface area contributed by atoms with E-state index in [0.29, 0.717) is 11.4 Å². The number of rotatable bonds is 4. The zero-order valence-corrected chi connectivity index (χ0v) is 17.1. The fraction of sp³-hybridized carbons (Fsp3) is 0.381. The van der Waals surface area contributed by atoms with Gasteiger partial charge in [0.2, 0.25) is 0 Å². The van der Waals surface area contributed by atoms with Gasteiger partial charge in [-0.2, -0.15) is 13.2 Å². The van der Waals surface area contributed by atoms with Gasteiger partial charge in [0.25, 0.3) is 5.91 Å². The molecule has 2 aromatic rings. The summed E-state index contributed by atoms with van der Waals surface area (Å²) in [6, 6.07) is 8.07. The van der Waals surface area contributed by atoms with E-state index in [0.717, 1.165) is 18.7 Å². The second kappa shape index (κ2) is 7.00. The minimum absolute atomic E-state index is 0.0428. The van der Waals surface area contributed by atoms with Gasteiger partial charge < -0.3 is 10.6 Å². The number of amides is 3. The summed E-state index contributed by atoms with van der Waals surface area (Å²) in [6.45, 7) is 5.55. The zero-order chi connectivity index (χ0) is 22.5. The van der Waals surface area contributed by atoms with Gasteiger partial charge in [-0.05, 0) is 63.1 Å². The van der Waals surface area contributed by atoms with Crippen molar-refractivity contribution in [2.45, 2.75) is 51.4 Å². The molecule has 9 heteroatoms. The van der Waals surface area contributed by atoms with Gasteiger partial charge in [0, 0.05) is 12.7 Å². The minimum atomic E-state index is -4.43. The highest BCUT2D eigenvalue weighted by Gasteiger charge is 2.52. The van der Waals surface area contributed by atoms with Gasteiger partial charge in [-0.15, -0.1) is 0 Å². The number of alkyl halides is 3. The number of halogens is 3. The SMILES string of the molecule is CC1(C)C(=O)N(c2ccc(C(C)(C)C(F)(F)F)cc2)C(=O)N1Cc1ccnc(N)c1. The normalized spacial score (nSPS) is 17.0. The first-order valence-corrected chi connectivity index (χ1v) is 9.30. The van der Waals surface area contributed by atoms with E-state index in [1.807, 2.05) is 0 Å². The topological polar surface area (TPSA) is 79.5 Å². The Hall–Kier alpha value is -3.10. The van der Waals surface area contributed by atoms with Crippen LogP contribution in [0.4, 0.5) is 29.5 Å². The van der Waals surface area contributed by atoms with Crippen LogP contribution in [-0.4, -0.2) is 33.5 Å². The fourth-order valence-electron chi connectivity index (χ4n) is 3.29. The van der Waals surface area contributed by atoms with E-state index in [9.17, 15) is 22.8 Å². The molecule has 0 bridgehead atoms. The lowest BCUT2D eigenvalue weighted by atomic mass is 9.84. The molecule has 0 atom stereocenters. The molecule has 1 fully saturated rings. The number of nitrogens with zero attached hydrogens (tertiary/aromatic N) is 3. The zero-order valence-electron chi connectivity index (χ0n) is 17.1. The van der Waals surface area contributed by atoms with E-state index in [1.54, 1.807) is 26.0 Å². The number of carbonyl (C=O) groups is 2. The van der Waals surface area contributed by atoms with Crippen LogP contribution < -0.4 is 10.6 Å². The van der Waals surface area contributed by atoms with Crippen molar-refractivity contribution in [3.63, 3.8) is 0 Å². The molecule has 0 spiro atoms. The van der Waals surface area contributed by atoms with Crippen molar-refractivity contribution in [2.24, 2.45) is 0 Å². The van der Waals surface area contributed by atoms with E-state index in [-0.39, 0.29) is 17.8 Å². The average Bonchev–Trinajstić information content (AvgIpc) is 2.81. The van der Waals surface area contributed by atoms with Crippen molar-refractivity contribution >= 4 is 23.4 Å². The first kappa shape index (κ1) is 21.6. The maximum atomic E-state index is 13.3. The molecule has 1 aliphatic rings. The summed E-state index contributed by atoms with van der Waals surface area (Å²) in [5, 5.41) is 0. The van der Waals surface area contributed by atoms with Crippen LogP contribution in [0.1, 0.15) is 38.8 Å². The van der Waals surface area contributed by atoms with Gasteiger partial charge in [-0.1, -0.05) is 12.1 Å². The van der Waals surface area contributed by atoms with Gasteiger partial charge in [0.1, 0.15) is 11.4 Å². The number of carbonyl (C=O) groups excluding carboxylic acids is 2. The average molecular weight is 420 g/mol. The van der Waals surface area contributed by atoms with Crippen molar-refractivity contribution in [1.82, 2.24) is 9.88 Å². The van der Waals surface area contributed by atoms with Gasteiger partial charge in [-0.25, -0.2) is 14.7 Å². The number of hydrogen-bond donors (Lipinski definition) is 1. The van der Waals surface area contributed by atoms with Crippen molar-refractivity contribution in [1.29, 1.82) is 0 Å². The molecular formula is C21H23F3N4O2. The number of nitrogen functional groups attached to an aromatic ring is 1. The number of urea groups is 1. The summed E-state index contributed by atoms with van der Waals surface area (Å²) in [6.07, 6.45) is -2.92. The molecule has 2 N–H and O–H groups in total. The summed E-state index contributed by atoms with van der Waals surface area (Å²) in [4.78, 5) is 32.4. The standard InChI is InChI=1S/C21H23F3N4O2/c1-19(2,21(22,23)24)14-5-7-15(8-6-14)28-17(29)20(3,4)27(18(28)30)12-13-9-10-26-16(25)11-13/h5-11H,12H2,1-4H3,(H2,25,26). The maximum Gasteiger partial charge on any atom is 0.397 e. The molecule has 1 aliphatic heterocycles. The molecule has 3 rings (SSSR count). The number of imide groups is 1. The molecule has 0 saturated carbocycles. The number of pyridine rings is 1. The summed E-state index contributed by atoms with van der Waals surface area (Å²) in [7, 11) is 0. The Kier molecular flexibility index (Phi) is 5.04. The molecule has 160 valence electrons. The Morgan fingerprint density at radius 2 is 1.67 bits per heavy atom. The molecule has 0 radical (unpaired) electrons. The summed E-state index contributed by atoms with van der Waals surface area (Å²) < 4.78 is 39.9. The quantitative estimate of drug-likeness (QED) is 0.750.